The molecule has 1 aliphatic rings. The average Bonchev–Trinajstić information content (AvgIpc) is 2.47. The van der Waals surface area contributed by atoms with E-state index in [1.54, 1.807) is 14.0 Å². The molecule has 116 valence electrons. The Labute approximate surface area is 127 Å². The topological polar surface area (TPSA) is 41.6 Å². The third kappa shape index (κ3) is 4.55. The zero-order valence-electron chi connectivity index (χ0n) is 13.3. The normalized spacial score (nSPS) is 22.3. The number of hydrogen-bond acceptors (Lipinski definition) is 3. The smallest absolute Gasteiger partial charge is 0.219 e. The van der Waals surface area contributed by atoms with Gasteiger partial charge in [0.2, 0.25) is 5.91 Å². The minimum atomic E-state index is 0.189. The van der Waals surface area contributed by atoms with Crippen LogP contribution in [-0.2, 0) is 22.7 Å². The third-order valence-corrected chi connectivity index (χ3v) is 4.25. The first-order chi connectivity index (χ1) is 10.1. The van der Waals surface area contributed by atoms with Gasteiger partial charge in [0, 0.05) is 39.7 Å². The number of carbonyl (C=O) groups is 1. The molecule has 0 bridgehead atoms. The highest BCUT2D eigenvalue weighted by Crippen LogP contribution is 2.17. The summed E-state index contributed by atoms with van der Waals surface area (Å²) in [6.45, 7) is 7.14. The van der Waals surface area contributed by atoms with Crippen LogP contribution in [0.25, 0.3) is 0 Å². The van der Waals surface area contributed by atoms with Gasteiger partial charge < -0.3 is 15.0 Å². The number of methoxy groups -OCH3 is 1. The number of rotatable bonds is 5. The number of benzene rings is 1. The van der Waals surface area contributed by atoms with Gasteiger partial charge in [0.05, 0.1) is 6.61 Å². The van der Waals surface area contributed by atoms with Gasteiger partial charge in [0.1, 0.15) is 0 Å². The van der Waals surface area contributed by atoms with Crippen molar-refractivity contribution >= 4 is 5.91 Å². The van der Waals surface area contributed by atoms with Gasteiger partial charge in [-0.1, -0.05) is 31.2 Å². The molecule has 1 N–H and O–H groups in total. The Bertz CT molecular complexity index is 458. The van der Waals surface area contributed by atoms with Crippen LogP contribution in [0.4, 0.5) is 0 Å². The van der Waals surface area contributed by atoms with Crippen LogP contribution < -0.4 is 5.32 Å². The molecule has 1 aromatic rings. The SMILES string of the molecule is COCc1ccc(CN[C@@H]2CCN(C(C)=O)C[C@H]2C)cc1. The summed E-state index contributed by atoms with van der Waals surface area (Å²) in [7, 11) is 1.71. The molecule has 1 aliphatic heterocycles. The summed E-state index contributed by atoms with van der Waals surface area (Å²) in [5.74, 6) is 0.685. The van der Waals surface area contributed by atoms with Crippen LogP contribution in [0.3, 0.4) is 0 Å². The van der Waals surface area contributed by atoms with E-state index < -0.39 is 0 Å². The van der Waals surface area contributed by atoms with Crippen LogP contribution in [0.2, 0.25) is 0 Å². The Kier molecular flexibility index (Phi) is 5.76. The highest BCUT2D eigenvalue weighted by Gasteiger charge is 2.26. The van der Waals surface area contributed by atoms with Crippen molar-refractivity contribution < 1.29 is 9.53 Å². The molecule has 1 saturated heterocycles. The molecular formula is C17H26N2O2. The molecule has 1 heterocycles. The van der Waals surface area contributed by atoms with Gasteiger partial charge in [0.25, 0.3) is 0 Å². The molecule has 1 amide bonds. The van der Waals surface area contributed by atoms with Gasteiger partial charge in [0.15, 0.2) is 0 Å². The van der Waals surface area contributed by atoms with Crippen molar-refractivity contribution in [2.75, 3.05) is 20.2 Å². The van der Waals surface area contributed by atoms with Crippen LogP contribution in [0.5, 0.6) is 0 Å². The number of piperidine rings is 1. The van der Waals surface area contributed by atoms with E-state index in [0.717, 1.165) is 26.1 Å². The Morgan fingerprint density at radius 2 is 2.00 bits per heavy atom. The first-order valence-corrected chi connectivity index (χ1v) is 7.65. The monoisotopic (exact) mass is 290 g/mol. The predicted molar refractivity (Wildman–Crippen MR) is 83.8 cm³/mol. The molecule has 0 unspecified atom stereocenters. The second kappa shape index (κ2) is 7.57. The van der Waals surface area contributed by atoms with E-state index in [1.165, 1.54) is 11.1 Å². The lowest BCUT2D eigenvalue weighted by atomic mass is 9.93. The van der Waals surface area contributed by atoms with Gasteiger partial charge in [-0.25, -0.2) is 0 Å². The van der Waals surface area contributed by atoms with E-state index in [0.29, 0.717) is 18.6 Å². The molecule has 1 aromatic carbocycles. The van der Waals surface area contributed by atoms with Crippen LogP contribution >= 0.6 is 0 Å². The van der Waals surface area contributed by atoms with Crippen LogP contribution in [0.15, 0.2) is 24.3 Å². The van der Waals surface area contributed by atoms with E-state index in [1.807, 2.05) is 4.90 Å². The number of carbonyl (C=O) groups excluding carboxylic acids is 1. The standard InChI is InChI=1S/C17H26N2O2/c1-13-11-19(14(2)20)9-8-17(13)18-10-15-4-6-16(7-5-15)12-21-3/h4-7,13,17-18H,8-12H2,1-3H3/t13-,17-/m1/s1. The van der Waals surface area contributed by atoms with E-state index >= 15 is 0 Å². The molecule has 0 spiro atoms. The van der Waals surface area contributed by atoms with Gasteiger partial charge in [-0.2, -0.15) is 0 Å². The predicted octanol–water partition coefficient (Wildman–Crippen LogP) is 2.18. The Balaban J connectivity index is 1.81. The summed E-state index contributed by atoms with van der Waals surface area (Å²) in [5, 5.41) is 3.63. The highest BCUT2D eigenvalue weighted by molar-refractivity contribution is 5.73. The molecule has 1 fully saturated rings. The zero-order chi connectivity index (χ0) is 15.2. The second-order valence-corrected chi connectivity index (χ2v) is 5.97. The fourth-order valence-corrected chi connectivity index (χ4v) is 2.90. The highest BCUT2D eigenvalue weighted by atomic mass is 16.5. The first-order valence-electron chi connectivity index (χ1n) is 7.65. The molecule has 4 nitrogen and oxygen atoms in total. The van der Waals surface area contributed by atoms with Gasteiger partial charge in [-0.3, -0.25) is 4.79 Å². The molecule has 21 heavy (non-hydrogen) atoms. The van der Waals surface area contributed by atoms with Crippen molar-refractivity contribution in [3.8, 4) is 0 Å². The number of nitrogens with zero attached hydrogens (tertiary/aromatic N) is 1. The van der Waals surface area contributed by atoms with Crippen LogP contribution in [-0.4, -0.2) is 37.0 Å². The molecule has 2 atom stereocenters. The lowest BCUT2D eigenvalue weighted by Crippen LogP contribution is -2.49. The van der Waals surface area contributed by atoms with Crippen molar-refractivity contribution in [2.24, 2.45) is 5.92 Å². The minimum Gasteiger partial charge on any atom is -0.380 e. The summed E-state index contributed by atoms with van der Waals surface area (Å²) >= 11 is 0. The summed E-state index contributed by atoms with van der Waals surface area (Å²) in [6, 6.07) is 9.01. The van der Waals surface area contributed by atoms with Crippen molar-refractivity contribution in [2.45, 2.75) is 39.5 Å². The molecular weight excluding hydrogens is 264 g/mol. The first kappa shape index (κ1) is 16.0. The number of nitrogens with one attached hydrogen (secondary N) is 1. The lowest BCUT2D eigenvalue weighted by Gasteiger charge is -2.37. The van der Waals surface area contributed by atoms with E-state index in [9.17, 15) is 4.79 Å². The number of ether oxygens (including phenoxy) is 1. The minimum absolute atomic E-state index is 0.189. The molecule has 0 radical (unpaired) electrons. The molecule has 2 rings (SSSR count). The van der Waals surface area contributed by atoms with Crippen molar-refractivity contribution in [1.82, 2.24) is 10.2 Å². The fraction of sp³-hybridized carbons (Fsp3) is 0.588. The maximum atomic E-state index is 11.4. The Morgan fingerprint density at radius 3 is 2.57 bits per heavy atom. The maximum Gasteiger partial charge on any atom is 0.219 e. The molecule has 0 aromatic heterocycles. The summed E-state index contributed by atoms with van der Waals surface area (Å²) in [5.41, 5.74) is 2.49. The van der Waals surface area contributed by atoms with E-state index in [4.69, 9.17) is 4.74 Å². The van der Waals surface area contributed by atoms with Gasteiger partial charge >= 0.3 is 0 Å². The second-order valence-electron chi connectivity index (χ2n) is 5.97. The maximum absolute atomic E-state index is 11.4. The van der Waals surface area contributed by atoms with Crippen molar-refractivity contribution in [3.05, 3.63) is 35.4 Å². The molecule has 0 aliphatic carbocycles. The van der Waals surface area contributed by atoms with E-state index in [-0.39, 0.29) is 5.91 Å². The number of amides is 1. The van der Waals surface area contributed by atoms with Crippen molar-refractivity contribution in [3.63, 3.8) is 0 Å². The molecule has 4 heteroatoms. The zero-order valence-corrected chi connectivity index (χ0v) is 13.3. The summed E-state index contributed by atoms with van der Waals surface area (Å²) in [6.07, 6.45) is 1.03. The number of likely N-dealkylation sites (tertiary alicyclic amines) is 1. The van der Waals surface area contributed by atoms with Crippen LogP contribution in [0.1, 0.15) is 31.4 Å². The Hall–Kier alpha value is -1.39. The van der Waals surface area contributed by atoms with Crippen LogP contribution in [0, 0.1) is 5.92 Å². The molecule has 0 saturated carbocycles. The summed E-state index contributed by atoms with van der Waals surface area (Å²) in [4.78, 5) is 13.4. The Morgan fingerprint density at radius 1 is 1.33 bits per heavy atom. The van der Waals surface area contributed by atoms with Gasteiger partial charge in [-0.05, 0) is 23.5 Å². The average molecular weight is 290 g/mol. The van der Waals surface area contributed by atoms with Gasteiger partial charge in [-0.15, -0.1) is 0 Å². The summed E-state index contributed by atoms with van der Waals surface area (Å²) < 4.78 is 5.12. The van der Waals surface area contributed by atoms with E-state index in [2.05, 4.69) is 36.5 Å². The number of hydrogen-bond donors (Lipinski definition) is 1. The lowest BCUT2D eigenvalue weighted by molar-refractivity contribution is -0.130. The van der Waals surface area contributed by atoms with Crippen molar-refractivity contribution in [1.29, 1.82) is 0 Å². The fourth-order valence-electron chi connectivity index (χ4n) is 2.90. The largest absolute Gasteiger partial charge is 0.380 e. The quantitative estimate of drug-likeness (QED) is 0.904. The third-order valence-electron chi connectivity index (χ3n) is 4.25.